The van der Waals surface area contributed by atoms with Gasteiger partial charge in [0.05, 0.1) is 0 Å². The second-order valence-electron chi connectivity index (χ2n) is 6.20. The quantitative estimate of drug-likeness (QED) is 0.455. The maximum atomic E-state index is 12.1. The molecule has 0 bridgehead atoms. The van der Waals surface area contributed by atoms with Crippen molar-refractivity contribution >= 4 is 12.0 Å². The molecular formula is C23H20O5. The van der Waals surface area contributed by atoms with Gasteiger partial charge in [-0.25, -0.2) is 4.79 Å². The highest BCUT2D eigenvalue weighted by Crippen LogP contribution is 2.10. The van der Waals surface area contributed by atoms with E-state index in [-0.39, 0.29) is 30.2 Å². The average Bonchev–Trinajstić information content (AvgIpc) is 2.72. The van der Waals surface area contributed by atoms with Crippen LogP contribution >= 0.6 is 0 Å². The van der Waals surface area contributed by atoms with Gasteiger partial charge in [-0.15, -0.1) is 0 Å². The topological polar surface area (TPSA) is 65.7 Å². The second kappa shape index (κ2) is 9.37. The molecule has 0 spiro atoms. The third-order valence-corrected chi connectivity index (χ3v) is 3.94. The van der Waals surface area contributed by atoms with Gasteiger partial charge in [0.25, 0.3) is 0 Å². The van der Waals surface area contributed by atoms with Gasteiger partial charge >= 0.3 is 5.97 Å². The van der Waals surface area contributed by atoms with Crippen molar-refractivity contribution < 1.29 is 18.7 Å². The van der Waals surface area contributed by atoms with Crippen LogP contribution in [0.3, 0.4) is 0 Å². The molecule has 0 N–H and O–H groups in total. The molecule has 3 rings (SSSR count). The van der Waals surface area contributed by atoms with Crippen LogP contribution in [0.2, 0.25) is 0 Å². The highest BCUT2D eigenvalue weighted by molar-refractivity contribution is 5.87. The number of carbonyl (C=O) groups is 1. The molecule has 0 atom stereocenters. The van der Waals surface area contributed by atoms with Crippen LogP contribution in [-0.4, -0.2) is 5.97 Å². The second-order valence-corrected chi connectivity index (χ2v) is 6.20. The molecule has 0 amide bonds. The predicted octanol–water partition coefficient (Wildman–Crippen LogP) is 4.28. The van der Waals surface area contributed by atoms with E-state index >= 15 is 0 Å². The molecule has 1 heterocycles. The Morgan fingerprint density at radius 2 is 1.79 bits per heavy atom. The summed E-state index contributed by atoms with van der Waals surface area (Å²) in [6.07, 6.45) is 4.23. The van der Waals surface area contributed by atoms with Gasteiger partial charge in [-0.3, -0.25) is 4.79 Å². The van der Waals surface area contributed by atoms with Crippen LogP contribution in [0.15, 0.2) is 82.2 Å². The first kappa shape index (κ1) is 19.2. The molecule has 28 heavy (non-hydrogen) atoms. The SMILES string of the molecule is Cc1ccc(/C=C/C(=O)OCc2cc(=O)c(OCc3ccccc3)co2)cc1. The highest BCUT2D eigenvalue weighted by atomic mass is 16.5. The van der Waals surface area contributed by atoms with Gasteiger partial charge < -0.3 is 13.9 Å². The Morgan fingerprint density at radius 3 is 2.50 bits per heavy atom. The molecule has 5 nitrogen and oxygen atoms in total. The Labute approximate surface area is 162 Å². The molecule has 3 aromatic rings. The summed E-state index contributed by atoms with van der Waals surface area (Å²) in [6.45, 7) is 2.13. The molecule has 0 unspecified atom stereocenters. The number of hydrogen-bond donors (Lipinski definition) is 0. The van der Waals surface area contributed by atoms with Crippen molar-refractivity contribution in [2.75, 3.05) is 0 Å². The minimum Gasteiger partial charge on any atom is -0.482 e. The fourth-order valence-corrected chi connectivity index (χ4v) is 2.39. The minimum absolute atomic E-state index is 0.109. The van der Waals surface area contributed by atoms with Crippen molar-refractivity contribution in [3.8, 4) is 5.75 Å². The van der Waals surface area contributed by atoms with Crippen LogP contribution in [-0.2, 0) is 22.7 Å². The average molecular weight is 376 g/mol. The molecule has 0 aliphatic carbocycles. The molecule has 0 saturated carbocycles. The highest BCUT2D eigenvalue weighted by Gasteiger charge is 2.07. The number of hydrogen-bond acceptors (Lipinski definition) is 5. The van der Waals surface area contributed by atoms with Gasteiger partial charge in [-0.2, -0.15) is 0 Å². The summed E-state index contributed by atoms with van der Waals surface area (Å²) in [5.74, 6) is -0.167. The van der Waals surface area contributed by atoms with Crippen LogP contribution in [0.25, 0.3) is 6.08 Å². The first-order valence-corrected chi connectivity index (χ1v) is 8.80. The van der Waals surface area contributed by atoms with E-state index in [1.807, 2.05) is 61.5 Å². The van der Waals surface area contributed by atoms with Crippen molar-refractivity contribution in [1.29, 1.82) is 0 Å². The summed E-state index contributed by atoms with van der Waals surface area (Å²) in [7, 11) is 0. The molecule has 5 heteroatoms. The zero-order valence-electron chi connectivity index (χ0n) is 15.5. The lowest BCUT2D eigenvalue weighted by Gasteiger charge is -2.06. The molecule has 0 fully saturated rings. The molecule has 0 saturated heterocycles. The van der Waals surface area contributed by atoms with Crippen LogP contribution < -0.4 is 10.2 Å². The summed E-state index contributed by atoms with van der Waals surface area (Å²) in [5.41, 5.74) is 2.66. The van der Waals surface area contributed by atoms with Crippen LogP contribution in [0.1, 0.15) is 22.5 Å². The largest absolute Gasteiger partial charge is 0.482 e. The third-order valence-electron chi connectivity index (χ3n) is 3.94. The normalized spacial score (nSPS) is 10.8. The Balaban J connectivity index is 1.51. The van der Waals surface area contributed by atoms with E-state index in [1.54, 1.807) is 6.08 Å². The van der Waals surface area contributed by atoms with Gasteiger partial charge in [0, 0.05) is 12.1 Å². The van der Waals surface area contributed by atoms with E-state index in [1.165, 1.54) is 18.4 Å². The van der Waals surface area contributed by atoms with Gasteiger partial charge in [-0.1, -0.05) is 60.2 Å². The van der Waals surface area contributed by atoms with E-state index in [4.69, 9.17) is 13.9 Å². The van der Waals surface area contributed by atoms with Crippen molar-refractivity contribution in [1.82, 2.24) is 0 Å². The van der Waals surface area contributed by atoms with Crippen molar-refractivity contribution in [3.05, 3.63) is 106 Å². The summed E-state index contributed by atoms with van der Waals surface area (Å²) < 4.78 is 15.9. The number of benzene rings is 2. The lowest BCUT2D eigenvalue weighted by atomic mass is 10.1. The third kappa shape index (κ3) is 5.71. The van der Waals surface area contributed by atoms with E-state index in [2.05, 4.69) is 0 Å². The number of rotatable bonds is 7. The predicted molar refractivity (Wildman–Crippen MR) is 106 cm³/mol. The number of aryl methyl sites for hydroxylation is 1. The Kier molecular flexibility index (Phi) is 6.41. The zero-order valence-corrected chi connectivity index (χ0v) is 15.5. The maximum Gasteiger partial charge on any atom is 0.331 e. The van der Waals surface area contributed by atoms with Crippen LogP contribution in [0, 0.1) is 6.92 Å². The molecule has 0 radical (unpaired) electrons. The van der Waals surface area contributed by atoms with Crippen molar-refractivity contribution in [3.63, 3.8) is 0 Å². The van der Waals surface area contributed by atoms with Crippen LogP contribution in [0.4, 0.5) is 0 Å². The number of carbonyl (C=O) groups excluding carboxylic acids is 1. The van der Waals surface area contributed by atoms with E-state index < -0.39 is 5.97 Å². The molecule has 142 valence electrons. The van der Waals surface area contributed by atoms with E-state index in [9.17, 15) is 9.59 Å². The Hall–Kier alpha value is -3.60. The van der Waals surface area contributed by atoms with E-state index in [0.717, 1.165) is 16.7 Å². The Morgan fingerprint density at radius 1 is 1.04 bits per heavy atom. The van der Waals surface area contributed by atoms with Crippen molar-refractivity contribution in [2.24, 2.45) is 0 Å². The molecule has 1 aromatic heterocycles. The fourth-order valence-electron chi connectivity index (χ4n) is 2.39. The fraction of sp³-hybridized carbons (Fsp3) is 0.130. The first-order chi connectivity index (χ1) is 13.6. The summed E-state index contributed by atoms with van der Waals surface area (Å²) >= 11 is 0. The van der Waals surface area contributed by atoms with Gasteiger partial charge in [0.1, 0.15) is 25.2 Å². The van der Waals surface area contributed by atoms with Crippen molar-refractivity contribution in [2.45, 2.75) is 20.1 Å². The summed E-state index contributed by atoms with van der Waals surface area (Å²) in [5, 5.41) is 0. The molecular weight excluding hydrogens is 356 g/mol. The molecule has 2 aromatic carbocycles. The standard InChI is InChI=1S/C23H20O5/c1-17-7-9-18(10-8-17)11-12-23(25)28-15-20-13-21(24)22(16-26-20)27-14-19-5-3-2-4-6-19/h2-13,16H,14-15H2,1H3/b12-11+. The number of esters is 1. The lowest BCUT2D eigenvalue weighted by Crippen LogP contribution is -2.09. The van der Waals surface area contributed by atoms with Gasteiger partial charge in [-0.05, 0) is 24.1 Å². The van der Waals surface area contributed by atoms with Crippen LogP contribution in [0.5, 0.6) is 5.75 Å². The summed E-state index contributed by atoms with van der Waals surface area (Å²) in [6, 6.07) is 18.5. The lowest BCUT2D eigenvalue weighted by molar-refractivity contribution is -0.139. The monoisotopic (exact) mass is 376 g/mol. The molecule has 0 aliphatic rings. The Bertz CT molecular complexity index is 1000. The smallest absolute Gasteiger partial charge is 0.331 e. The molecule has 0 aliphatic heterocycles. The van der Waals surface area contributed by atoms with Gasteiger partial charge in [0.15, 0.2) is 0 Å². The first-order valence-electron chi connectivity index (χ1n) is 8.80. The number of ether oxygens (including phenoxy) is 2. The van der Waals surface area contributed by atoms with Gasteiger partial charge in [0.2, 0.25) is 11.2 Å². The maximum absolute atomic E-state index is 12.1. The zero-order chi connectivity index (χ0) is 19.8. The summed E-state index contributed by atoms with van der Waals surface area (Å²) in [4.78, 5) is 23.9. The van der Waals surface area contributed by atoms with E-state index in [0.29, 0.717) is 0 Å². The minimum atomic E-state index is -0.521.